The molecule has 1 aromatic carbocycles. The molecular weight excluding hydrogens is 316 g/mol. The van der Waals surface area contributed by atoms with Crippen LogP contribution in [0.4, 0.5) is 0 Å². The zero-order valence-electron chi connectivity index (χ0n) is 14.5. The second kappa shape index (κ2) is 6.88. The molecule has 4 rings (SSSR count). The summed E-state index contributed by atoms with van der Waals surface area (Å²) in [6.07, 6.45) is 5.58. The van der Waals surface area contributed by atoms with Gasteiger partial charge in [-0.15, -0.1) is 0 Å². The summed E-state index contributed by atoms with van der Waals surface area (Å²) in [6, 6.07) is 10.5. The van der Waals surface area contributed by atoms with Crippen molar-refractivity contribution in [2.45, 2.75) is 25.3 Å². The summed E-state index contributed by atoms with van der Waals surface area (Å²) in [5, 5.41) is 7.46. The molecule has 1 amide bonds. The maximum absolute atomic E-state index is 12.6. The Morgan fingerprint density at radius 1 is 1.28 bits per heavy atom. The Balaban J connectivity index is 1.40. The third-order valence-electron chi connectivity index (χ3n) is 5.07. The highest BCUT2D eigenvalue weighted by molar-refractivity contribution is 5.94. The second-order valence-electron chi connectivity index (χ2n) is 6.92. The molecule has 2 aliphatic rings. The van der Waals surface area contributed by atoms with Gasteiger partial charge in [-0.05, 0) is 43.9 Å². The van der Waals surface area contributed by atoms with Crippen LogP contribution in [0.2, 0.25) is 0 Å². The molecule has 6 heteroatoms. The zero-order valence-corrected chi connectivity index (χ0v) is 14.5. The average molecular weight is 340 g/mol. The van der Waals surface area contributed by atoms with E-state index < -0.39 is 0 Å². The number of hydrogen-bond acceptors (Lipinski definition) is 4. The van der Waals surface area contributed by atoms with E-state index in [0.717, 1.165) is 31.2 Å². The van der Waals surface area contributed by atoms with E-state index >= 15 is 0 Å². The van der Waals surface area contributed by atoms with Gasteiger partial charge in [0.1, 0.15) is 0 Å². The molecule has 1 N–H and O–H groups in total. The van der Waals surface area contributed by atoms with Gasteiger partial charge in [-0.1, -0.05) is 18.2 Å². The fourth-order valence-corrected chi connectivity index (χ4v) is 3.50. The Labute approximate surface area is 147 Å². The lowest BCUT2D eigenvalue weighted by molar-refractivity contribution is 0.0939. The lowest BCUT2D eigenvalue weighted by Crippen LogP contribution is -2.32. The number of ether oxygens (including phenoxy) is 1. The SMILES string of the molecule is COc1cn(-c2ccccc2)nc1C(=O)NC[C@@H]1CCN(C2CC2)C1. The molecule has 0 radical (unpaired) electrons. The van der Waals surface area contributed by atoms with Crippen molar-refractivity contribution in [1.29, 1.82) is 0 Å². The Hall–Kier alpha value is -2.34. The van der Waals surface area contributed by atoms with E-state index in [9.17, 15) is 4.79 Å². The maximum Gasteiger partial charge on any atom is 0.275 e. The summed E-state index contributed by atoms with van der Waals surface area (Å²) in [7, 11) is 1.56. The molecule has 0 bridgehead atoms. The van der Waals surface area contributed by atoms with E-state index in [4.69, 9.17) is 4.74 Å². The monoisotopic (exact) mass is 340 g/mol. The zero-order chi connectivity index (χ0) is 17.2. The molecular formula is C19H24N4O2. The molecule has 1 atom stereocenters. The molecule has 2 aromatic rings. The third kappa shape index (κ3) is 3.54. The number of nitrogens with one attached hydrogen (secondary N) is 1. The number of nitrogens with zero attached hydrogens (tertiary/aromatic N) is 3. The van der Waals surface area contributed by atoms with Crippen LogP contribution in [-0.2, 0) is 0 Å². The molecule has 2 fully saturated rings. The van der Waals surface area contributed by atoms with Crippen LogP contribution in [0.25, 0.3) is 5.69 Å². The first-order valence-electron chi connectivity index (χ1n) is 8.96. The molecule has 1 aliphatic heterocycles. The molecule has 1 saturated carbocycles. The second-order valence-corrected chi connectivity index (χ2v) is 6.92. The number of likely N-dealkylation sites (tertiary alicyclic amines) is 1. The van der Waals surface area contributed by atoms with Gasteiger partial charge in [0.15, 0.2) is 11.4 Å². The fraction of sp³-hybridized carbons (Fsp3) is 0.474. The van der Waals surface area contributed by atoms with Gasteiger partial charge in [-0.3, -0.25) is 4.79 Å². The van der Waals surface area contributed by atoms with Crippen LogP contribution in [0.15, 0.2) is 36.5 Å². The highest BCUT2D eigenvalue weighted by atomic mass is 16.5. The standard InChI is InChI=1S/C19H24N4O2/c1-25-17-13-23(16-5-3-2-4-6-16)21-18(17)19(24)20-11-14-9-10-22(12-14)15-7-8-15/h2-6,13-15H,7-12H2,1H3,(H,20,24)/t14-/m0/s1. The Morgan fingerprint density at radius 2 is 2.08 bits per heavy atom. The summed E-state index contributed by atoms with van der Waals surface area (Å²) in [5.41, 5.74) is 1.24. The molecule has 1 aliphatic carbocycles. The topological polar surface area (TPSA) is 59.4 Å². The van der Waals surface area contributed by atoms with E-state index in [1.54, 1.807) is 18.0 Å². The highest BCUT2D eigenvalue weighted by Gasteiger charge is 2.34. The van der Waals surface area contributed by atoms with Crippen molar-refractivity contribution in [3.05, 3.63) is 42.2 Å². The fourth-order valence-electron chi connectivity index (χ4n) is 3.50. The van der Waals surface area contributed by atoms with Crippen LogP contribution in [0.3, 0.4) is 0 Å². The van der Waals surface area contributed by atoms with Gasteiger partial charge < -0.3 is 15.0 Å². The predicted molar refractivity (Wildman–Crippen MR) is 95.2 cm³/mol. The number of carbonyl (C=O) groups is 1. The molecule has 1 saturated heterocycles. The quantitative estimate of drug-likeness (QED) is 0.875. The molecule has 2 heterocycles. The Bertz CT molecular complexity index is 739. The summed E-state index contributed by atoms with van der Waals surface area (Å²) < 4.78 is 7.02. The number of amides is 1. The average Bonchev–Trinajstić information content (AvgIpc) is 3.23. The molecule has 132 valence electrons. The Morgan fingerprint density at radius 3 is 2.80 bits per heavy atom. The van der Waals surface area contributed by atoms with Crippen LogP contribution >= 0.6 is 0 Å². The lowest BCUT2D eigenvalue weighted by atomic mass is 10.1. The van der Waals surface area contributed by atoms with Gasteiger partial charge in [0.05, 0.1) is 19.0 Å². The predicted octanol–water partition coefficient (Wildman–Crippen LogP) is 2.09. The third-order valence-corrected chi connectivity index (χ3v) is 5.07. The van der Waals surface area contributed by atoms with E-state index in [0.29, 0.717) is 23.9 Å². The van der Waals surface area contributed by atoms with E-state index in [2.05, 4.69) is 15.3 Å². The van der Waals surface area contributed by atoms with Gasteiger partial charge in [-0.2, -0.15) is 5.10 Å². The number of methoxy groups -OCH3 is 1. The molecule has 25 heavy (non-hydrogen) atoms. The van der Waals surface area contributed by atoms with Crippen LogP contribution in [0.5, 0.6) is 5.75 Å². The van der Waals surface area contributed by atoms with Crippen molar-refractivity contribution < 1.29 is 9.53 Å². The number of rotatable bonds is 6. The number of aromatic nitrogens is 2. The number of carbonyl (C=O) groups excluding carboxylic acids is 1. The molecule has 6 nitrogen and oxygen atoms in total. The number of hydrogen-bond donors (Lipinski definition) is 1. The van der Waals surface area contributed by atoms with Crippen LogP contribution in [0, 0.1) is 5.92 Å². The minimum atomic E-state index is -0.170. The first-order chi connectivity index (χ1) is 12.2. The normalized spacial score (nSPS) is 20.6. The van der Waals surface area contributed by atoms with Crippen molar-refractivity contribution in [2.24, 2.45) is 5.92 Å². The summed E-state index contributed by atoms with van der Waals surface area (Å²) in [4.78, 5) is 15.1. The van der Waals surface area contributed by atoms with Crippen LogP contribution in [0.1, 0.15) is 29.8 Å². The van der Waals surface area contributed by atoms with Crippen molar-refractivity contribution >= 4 is 5.91 Å². The largest absolute Gasteiger partial charge is 0.493 e. The first kappa shape index (κ1) is 16.1. The smallest absolute Gasteiger partial charge is 0.275 e. The van der Waals surface area contributed by atoms with Crippen molar-refractivity contribution in [3.8, 4) is 11.4 Å². The first-order valence-corrected chi connectivity index (χ1v) is 8.96. The van der Waals surface area contributed by atoms with E-state index in [1.807, 2.05) is 30.3 Å². The van der Waals surface area contributed by atoms with Gasteiger partial charge in [0, 0.05) is 19.1 Å². The molecule has 0 unspecified atom stereocenters. The van der Waals surface area contributed by atoms with Crippen LogP contribution < -0.4 is 10.1 Å². The van der Waals surface area contributed by atoms with Gasteiger partial charge in [-0.25, -0.2) is 4.68 Å². The number of para-hydroxylation sites is 1. The van der Waals surface area contributed by atoms with Gasteiger partial charge in [0.25, 0.3) is 5.91 Å². The summed E-state index contributed by atoms with van der Waals surface area (Å²) in [5.74, 6) is 0.857. The maximum atomic E-state index is 12.6. The van der Waals surface area contributed by atoms with Gasteiger partial charge >= 0.3 is 0 Å². The van der Waals surface area contributed by atoms with E-state index in [-0.39, 0.29) is 5.91 Å². The van der Waals surface area contributed by atoms with Crippen LogP contribution in [-0.4, -0.2) is 53.4 Å². The molecule has 0 spiro atoms. The minimum Gasteiger partial charge on any atom is -0.493 e. The molecule has 1 aromatic heterocycles. The summed E-state index contributed by atoms with van der Waals surface area (Å²) in [6.45, 7) is 2.96. The summed E-state index contributed by atoms with van der Waals surface area (Å²) >= 11 is 0. The van der Waals surface area contributed by atoms with Crippen molar-refractivity contribution in [3.63, 3.8) is 0 Å². The highest BCUT2D eigenvalue weighted by Crippen LogP contribution is 2.31. The minimum absolute atomic E-state index is 0.170. The number of benzene rings is 1. The van der Waals surface area contributed by atoms with Crippen molar-refractivity contribution in [2.75, 3.05) is 26.7 Å². The lowest BCUT2D eigenvalue weighted by Gasteiger charge is -2.15. The Kier molecular flexibility index (Phi) is 4.44. The van der Waals surface area contributed by atoms with Crippen molar-refractivity contribution in [1.82, 2.24) is 20.0 Å². The van der Waals surface area contributed by atoms with Gasteiger partial charge in [0.2, 0.25) is 0 Å². The van der Waals surface area contributed by atoms with E-state index in [1.165, 1.54) is 12.8 Å².